The van der Waals surface area contributed by atoms with Gasteiger partial charge < -0.3 is 4.84 Å². The molecule has 0 aliphatic carbocycles. The zero-order valence-corrected chi connectivity index (χ0v) is 11.7. The van der Waals surface area contributed by atoms with Gasteiger partial charge in [-0.05, 0) is 12.5 Å². The van der Waals surface area contributed by atoms with Crippen LogP contribution in [0.3, 0.4) is 0 Å². The van der Waals surface area contributed by atoms with Crippen molar-refractivity contribution in [2.24, 2.45) is 5.16 Å². The predicted octanol–water partition coefficient (Wildman–Crippen LogP) is 2.91. The Balaban J connectivity index is 1.63. The highest BCUT2D eigenvalue weighted by Gasteiger charge is 2.27. The van der Waals surface area contributed by atoms with Crippen molar-refractivity contribution in [1.29, 1.82) is 0 Å². The minimum atomic E-state index is -0.252. The third-order valence-corrected chi connectivity index (χ3v) is 3.82. The van der Waals surface area contributed by atoms with Crippen LogP contribution in [0.4, 0.5) is 5.13 Å². The van der Waals surface area contributed by atoms with E-state index in [-0.39, 0.29) is 12.0 Å². The summed E-state index contributed by atoms with van der Waals surface area (Å²) < 4.78 is 0. The van der Waals surface area contributed by atoms with Crippen LogP contribution in [0.5, 0.6) is 0 Å². The summed E-state index contributed by atoms with van der Waals surface area (Å²) in [5, 5.41) is 9.08. The van der Waals surface area contributed by atoms with E-state index in [0.717, 1.165) is 11.3 Å². The Morgan fingerprint density at radius 3 is 2.90 bits per heavy atom. The fraction of sp³-hybridized carbons (Fsp3) is 0.214. The lowest BCUT2D eigenvalue weighted by Gasteiger charge is -2.07. The lowest BCUT2D eigenvalue weighted by Crippen LogP contribution is -2.21. The largest absolute Gasteiger partial charge is 0.387 e. The molecule has 1 atom stereocenters. The van der Waals surface area contributed by atoms with Crippen molar-refractivity contribution < 1.29 is 9.63 Å². The number of rotatable bonds is 3. The van der Waals surface area contributed by atoms with Crippen molar-refractivity contribution in [2.75, 3.05) is 5.32 Å². The van der Waals surface area contributed by atoms with Gasteiger partial charge in [0.25, 0.3) is 5.91 Å². The monoisotopic (exact) mass is 287 g/mol. The number of aromatic nitrogens is 1. The quantitative estimate of drug-likeness (QED) is 0.944. The van der Waals surface area contributed by atoms with Gasteiger partial charge >= 0.3 is 0 Å². The summed E-state index contributed by atoms with van der Waals surface area (Å²) >= 11 is 1.39. The summed E-state index contributed by atoms with van der Waals surface area (Å²) in [5.74, 6) is -0.252. The van der Waals surface area contributed by atoms with Crippen molar-refractivity contribution >= 4 is 28.1 Å². The number of hydrogen-bond acceptors (Lipinski definition) is 5. The lowest BCUT2D eigenvalue weighted by atomic mass is 10.0. The number of oxime groups is 1. The Morgan fingerprint density at radius 1 is 1.40 bits per heavy atom. The highest BCUT2D eigenvalue weighted by molar-refractivity contribution is 7.14. The summed E-state index contributed by atoms with van der Waals surface area (Å²) in [4.78, 5) is 21.6. The zero-order valence-electron chi connectivity index (χ0n) is 10.9. The van der Waals surface area contributed by atoms with Crippen LogP contribution in [0.15, 0.2) is 40.9 Å². The summed E-state index contributed by atoms with van der Waals surface area (Å²) in [6.45, 7) is 1.88. The maximum atomic E-state index is 12.0. The number of carbonyl (C=O) groups is 1. The molecule has 0 saturated carbocycles. The van der Waals surface area contributed by atoms with Gasteiger partial charge in [-0.3, -0.25) is 10.1 Å². The van der Waals surface area contributed by atoms with Gasteiger partial charge in [0, 0.05) is 11.8 Å². The Morgan fingerprint density at radius 2 is 2.20 bits per heavy atom. The van der Waals surface area contributed by atoms with Crippen molar-refractivity contribution in [3.63, 3.8) is 0 Å². The molecule has 1 N–H and O–H groups in total. The number of nitrogens with one attached hydrogen (secondary N) is 1. The molecule has 3 rings (SSSR count). The number of hydrogen-bond donors (Lipinski definition) is 1. The Bertz CT molecular complexity index is 651. The third-order valence-electron chi connectivity index (χ3n) is 2.94. The molecular formula is C14H13N3O2S. The van der Waals surface area contributed by atoms with Crippen LogP contribution in [0, 0.1) is 6.92 Å². The minimum Gasteiger partial charge on any atom is -0.387 e. The van der Waals surface area contributed by atoms with Gasteiger partial charge in [-0.1, -0.05) is 35.5 Å². The first-order valence-corrected chi connectivity index (χ1v) is 7.11. The average Bonchev–Trinajstić information content (AvgIpc) is 3.09. The summed E-state index contributed by atoms with van der Waals surface area (Å²) in [6.07, 6.45) is 0.287. The van der Waals surface area contributed by atoms with Crippen molar-refractivity contribution in [2.45, 2.75) is 19.4 Å². The first kappa shape index (κ1) is 12.8. The van der Waals surface area contributed by atoms with E-state index in [0.29, 0.717) is 17.3 Å². The molecule has 1 aromatic carbocycles. The van der Waals surface area contributed by atoms with Gasteiger partial charge in [0.05, 0.1) is 5.69 Å². The molecule has 5 nitrogen and oxygen atoms in total. The van der Waals surface area contributed by atoms with E-state index in [1.165, 1.54) is 11.3 Å². The molecule has 1 amide bonds. The van der Waals surface area contributed by atoms with Gasteiger partial charge in [-0.25, -0.2) is 4.98 Å². The summed E-state index contributed by atoms with van der Waals surface area (Å²) in [6, 6.07) is 9.75. The highest BCUT2D eigenvalue weighted by Crippen LogP contribution is 2.27. The summed E-state index contributed by atoms with van der Waals surface area (Å²) in [7, 11) is 0. The molecule has 0 radical (unpaired) electrons. The van der Waals surface area contributed by atoms with E-state index in [1.54, 1.807) is 0 Å². The number of benzene rings is 1. The molecule has 6 heteroatoms. The Labute approximate surface area is 120 Å². The smallest absolute Gasteiger partial charge is 0.275 e. The first-order chi connectivity index (χ1) is 9.72. The first-order valence-electron chi connectivity index (χ1n) is 6.23. The van der Waals surface area contributed by atoms with E-state index in [4.69, 9.17) is 4.84 Å². The molecule has 2 heterocycles. The molecule has 1 aromatic heterocycles. The molecule has 1 aliphatic heterocycles. The van der Waals surface area contributed by atoms with Crippen LogP contribution < -0.4 is 5.32 Å². The molecule has 0 saturated heterocycles. The normalized spacial score (nSPS) is 17.4. The second-order valence-corrected chi connectivity index (χ2v) is 5.35. The van der Waals surface area contributed by atoms with Gasteiger partial charge in [0.2, 0.25) is 0 Å². The molecule has 0 unspecified atom stereocenters. The van der Waals surface area contributed by atoms with E-state index in [2.05, 4.69) is 15.5 Å². The fourth-order valence-corrected chi connectivity index (χ4v) is 2.62. The van der Waals surface area contributed by atoms with Crippen LogP contribution >= 0.6 is 11.3 Å². The molecule has 102 valence electrons. The number of nitrogens with zero attached hydrogens (tertiary/aromatic N) is 2. The topological polar surface area (TPSA) is 63.6 Å². The number of amides is 1. The molecule has 2 aromatic rings. The fourth-order valence-electron chi connectivity index (χ4n) is 1.94. The van der Waals surface area contributed by atoms with Crippen LogP contribution in [0.2, 0.25) is 0 Å². The molecule has 20 heavy (non-hydrogen) atoms. The van der Waals surface area contributed by atoms with Gasteiger partial charge in [0.15, 0.2) is 11.2 Å². The Hall–Kier alpha value is -2.21. The zero-order chi connectivity index (χ0) is 13.9. The average molecular weight is 287 g/mol. The molecular weight excluding hydrogens is 274 g/mol. The molecule has 1 aliphatic rings. The van der Waals surface area contributed by atoms with E-state index < -0.39 is 0 Å². The molecule has 0 bridgehead atoms. The number of aryl methyl sites for hydroxylation is 1. The van der Waals surface area contributed by atoms with Gasteiger partial charge in [0.1, 0.15) is 5.71 Å². The summed E-state index contributed by atoms with van der Waals surface area (Å²) in [5.41, 5.74) is 2.30. The number of anilines is 1. The maximum Gasteiger partial charge on any atom is 0.275 e. The maximum absolute atomic E-state index is 12.0. The van der Waals surface area contributed by atoms with E-state index in [9.17, 15) is 4.79 Å². The SMILES string of the molecule is Cc1csc(NC(=O)C2=NO[C@H](c3ccccc3)C2)n1. The number of thiazole rings is 1. The minimum absolute atomic E-state index is 0.185. The standard InChI is InChI=1S/C14H13N3O2S/c1-9-8-20-14(15-9)16-13(18)11-7-12(19-17-11)10-5-3-2-4-6-10/h2-6,8,12H,7H2,1H3,(H,15,16,18)/t12-/m0/s1. The van der Waals surface area contributed by atoms with Crippen molar-refractivity contribution in [3.05, 3.63) is 47.0 Å². The highest BCUT2D eigenvalue weighted by atomic mass is 32.1. The number of carbonyl (C=O) groups excluding carboxylic acids is 1. The van der Waals surface area contributed by atoms with E-state index in [1.807, 2.05) is 42.6 Å². The Kier molecular flexibility index (Phi) is 3.47. The second-order valence-electron chi connectivity index (χ2n) is 4.50. The molecule has 0 spiro atoms. The van der Waals surface area contributed by atoms with E-state index >= 15 is 0 Å². The van der Waals surface area contributed by atoms with Crippen LogP contribution in [0.25, 0.3) is 0 Å². The van der Waals surface area contributed by atoms with Crippen LogP contribution in [-0.4, -0.2) is 16.6 Å². The predicted molar refractivity (Wildman–Crippen MR) is 77.8 cm³/mol. The van der Waals surface area contributed by atoms with Crippen molar-refractivity contribution in [3.8, 4) is 0 Å². The van der Waals surface area contributed by atoms with Gasteiger partial charge in [-0.15, -0.1) is 11.3 Å². The lowest BCUT2D eigenvalue weighted by molar-refractivity contribution is -0.110. The third kappa shape index (κ3) is 2.70. The van der Waals surface area contributed by atoms with Crippen molar-refractivity contribution in [1.82, 2.24) is 4.98 Å². The molecule has 0 fully saturated rings. The van der Waals surface area contributed by atoms with Crippen LogP contribution in [0.1, 0.15) is 23.8 Å². The van der Waals surface area contributed by atoms with Gasteiger partial charge in [-0.2, -0.15) is 0 Å². The van der Waals surface area contributed by atoms with Crippen LogP contribution in [-0.2, 0) is 9.63 Å². The second kappa shape index (κ2) is 5.42.